The van der Waals surface area contributed by atoms with Crippen molar-refractivity contribution in [1.29, 1.82) is 0 Å². The van der Waals surface area contributed by atoms with Gasteiger partial charge in [0.2, 0.25) is 0 Å². The van der Waals surface area contributed by atoms with Crippen molar-refractivity contribution in [2.75, 3.05) is 32.7 Å². The third kappa shape index (κ3) is 6.40. The van der Waals surface area contributed by atoms with Crippen molar-refractivity contribution >= 4 is 17.3 Å². The fourth-order valence-electron chi connectivity index (χ4n) is 3.13. The number of hydrogen-bond acceptors (Lipinski definition) is 4. The van der Waals surface area contributed by atoms with E-state index in [4.69, 9.17) is 4.99 Å². The third-order valence-electron chi connectivity index (χ3n) is 4.36. The van der Waals surface area contributed by atoms with Gasteiger partial charge in [0.1, 0.15) is 0 Å². The summed E-state index contributed by atoms with van der Waals surface area (Å²) in [5, 5.41) is 7.97. The van der Waals surface area contributed by atoms with E-state index in [1.807, 2.05) is 0 Å². The van der Waals surface area contributed by atoms with E-state index in [0.29, 0.717) is 12.5 Å². The average molecular weight is 352 g/mol. The lowest BCUT2D eigenvalue weighted by Gasteiger charge is -2.29. The van der Waals surface area contributed by atoms with Crippen molar-refractivity contribution in [3.05, 3.63) is 15.6 Å². The minimum absolute atomic E-state index is 0.624. The molecule has 2 N–H and O–H groups in total. The Morgan fingerprint density at radius 1 is 1.25 bits per heavy atom. The molecule has 2 rings (SSSR count). The second-order valence-electron chi connectivity index (χ2n) is 6.78. The molecular weight excluding hydrogens is 318 g/mol. The van der Waals surface area contributed by atoms with Crippen LogP contribution in [0.15, 0.2) is 4.99 Å². The molecule has 1 aromatic rings. The highest BCUT2D eigenvalue weighted by atomic mass is 32.1. The van der Waals surface area contributed by atoms with Crippen LogP contribution >= 0.6 is 11.3 Å². The molecule has 0 radical (unpaired) electrons. The SMILES string of the molecule is CCNC(=NCc1sc(C)nc1C)NCC(C)CN1CCCCC1. The van der Waals surface area contributed by atoms with Gasteiger partial charge in [0.05, 0.1) is 17.2 Å². The summed E-state index contributed by atoms with van der Waals surface area (Å²) in [5.74, 6) is 1.53. The van der Waals surface area contributed by atoms with Crippen molar-refractivity contribution in [3.63, 3.8) is 0 Å². The number of aryl methyl sites for hydroxylation is 2. The van der Waals surface area contributed by atoms with Gasteiger partial charge in [0, 0.05) is 24.5 Å². The lowest BCUT2D eigenvalue weighted by molar-refractivity contribution is 0.201. The third-order valence-corrected chi connectivity index (χ3v) is 5.42. The second-order valence-corrected chi connectivity index (χ2v) is 8.07. The molecule has 1 aliphatic heterocycles. The summed E-state index contributed by atoms with van der Waals surface area (Å²) in [7, 11) is 0. The summed E-state index contributed by atoms with van der Waals surface area (Å²) in [5.41, 5.74) is 1.11. The Kier molecular flexibility index (Phi) is 7.99. The summed E-state index contributed by atoms with van der Waals surface area (Å²) in [6.45, 7) is 14.8. The molecule has 24 heavy (non-hydrogen) atoms. The Morgan fingerprint density at radius 3 is 2.62 bits per heavy atom. The van der Waals surface area contributed by atoms with Crippen LogP contribution in [0.1, 0.15) is 48.7 Å². The maximum absolute atomic E-state index is 4.73. The number of likely N-dealkylation sites (tertiary alicyclic amines) is 1. The number of thiazole rings is 1. The van der Waals surface area contributed by atoms with Crippen LogP contribution in [0.4, 0.5) is 0 Å². The van der Waals surface area contributed by atoms with Crippen LogP contribution in [0.3, 0.4) is 0 Å². The minimum Gasteiger partial charge on any atom is -0.357 e. The van der Waals surface area contributed by atoms with Gasteiger partial charge < -0.3 is 15.5 Å². The first-order chi connectivity index (χ1) is 11.6. The molecule has 0 saturated carbocycles. The van der Waals surface area contributed by atoms with Crippen molar-refractivity contribution in [1.82, 2.24) is 20.5 Å². The summed E-state index contributed by atoms with van der Waals surface area (Å²) in [6.07, 6.45) is 4.12. The maximum Gasteiger partial charge on any atom is 0.191 e. The predicted octanol–water partition coefficient (Wildman–Crippen LogP) is 2.94. The van der Waals surface area contributed by atoms with Gasteiger partial charge >= 0.3 is 0 Å². The Labute approximate surface area is 151 Å². The Balaban J connectivity index is 1.81. The lowest BCUT2D eigenvalue weighted by Crippen LogP contribution is -2.42. The van der Waals surface area contributed by atoms with Crippen molar-refractivity contribution < 1.29 is 0 Å². The summed E-state index contributed by atoms with van der Waals surface area (Å²) in [6, 6.07) is 0. The molecule has 1 aromatic heterocycles. The summed E-state index contributed by atoms with van der Waals surface area (Å²) in [4.78, 5) is 13.1. The molecule has 0 bridgehead atoms. The highest BCUT2D eigenvalue weighted by molar-refractivity contribution is 7.11. The number of aromatic nitrogens is 1. The molecule has 2 heterocycles. The van der Waals surface area contributed by atoms with E-state index in [9.17, 15) is 0 Å². The number of aliphatic imine (C=N–C) groups is 1. The monoisotopic (exact) mass is 351 g/mol. The molecule has 1 aliphatic rings. The van der Waals surface area contributed by atoms with Crippen LogP contribution in [0.5, 0.6) is 0 Å². The van der Waals surface area contributed by atoms with Gasteiger partial charge in [-0.1, -0.05) is 13.3 Å². The van der Waals surface area contributed by atoms with E-state index in [-0.39, 0.29) is 0 Å². The molecule has 1 unspecified atom stereocenters. The number of guanidine groups is 1. The van der Waals surface area contributed by atoms with E-state index in [0.717, 1.165) is 29.8 Å². The van der Waals surface area contributed by atoms with Crippen molar-refractivity contribution in [2.24, 2.45) is 10.9 Å². The molecule has 136 valence electrons. The minimum atomic E-state index is 0.624. The average Bonchev–Trinajstić information content (AvgIpc) is 2.88. The van der Waals surface area contributed by atoms with Gasteiger partial charge in [-0.25, -0.2) is 9.98 Å². The van der Waals surface area contributed by atoms with E-state index >= 15 is 0 Å². The standard InChI is InChI=1S/C18H33N5S/c1-5-19-18(21-12-17-15(3)22-16(4)24-17)20-11-14(2)13-23-9-7-6-8-10-23/h14H,5-13H2,1-4H3,(H2,19,20,21). The zero-order valence-electron chi connectivity index (χ0n) is 15.7. The number of nitrogens with one attached hydrogen (secondary N) is 2. The molecule has 6 heteroatoms. The first-order valence-corrected chi connectivity index (χ1v) is 10.1. The van der Waals surface area contributed by atoms with Crippen LogP contribution in [0.25, 0.3) is 0 Å². The van der Waals surface area contributed by atoms with E-state index in [2.05, 4.69) is 48.2 Å². The van der Waals surface area contributed by atoms with Gasteiger partial charge in [-0.3, -0.25) is 0 Å². The predicted molar refractivity (Wildman–Crippen MR) is 104 cm³/mol. The summed E-state index contributed by atoms with van der Waals surface area (Å²) >= 11 is 1.74. The molecule has 1 fully saturated rings. The van der Waals surface area contributed by atoms with Crippen LogP contribution in [0, 0.1) is 19.8 Å². The molecule has 0 aromatic carbocycles. The van der Waals surface area contributed by atoms with Gasteiger partial charge in [-0.15, -0.1) is 11.3 Å². The smallest absolute Gasteiger partial charge is 0.191 e. The maximum atomic E-state index is 4.73. The van der Waals surface area contributed by atoms with Crippen LogP contribution in [-0.2, 0) is 6.54 Å². The van der Waals surface area contributed by atoms with Crippen LogP contribution in [0.2, 0.25) is 0 Å². The van der Waals surface area contributed by atoms with E-state index in [1.165, 1.54) is 43.8 Å². The summed E-state index contributed by atoms with van der Waals surface area (Å²) < 4.78 is 0. The second kappa shape index (κ2) is 9.99. The quantitative estimate of drug-likeness (QED) is 0.586. The zero-order valence-corrected chi connectivity index (χ0v) is 16.5. The first kappa shape index (κ1) is 19.2. The fraction of sp³-hybridized carbons (Fsp3) is 0.778. The Bertz CT molecular complexity index is 519. The molecule has 0 aliphatic carbocycles. The molecule has 1 saturated heterocycles. The number of nitrogens with zero attached hydrogens (tertiary/aromatic N) is 3. The fourth-order valence-corrected chi connectivity index (χ4v) is 3.99. The van der Waals surface area contributed by atoms with Gasteiger partial charge in [-0.2, -0.15) is 0 Å². The highest BCUT2D eigenvalue weighted by Gasteiger charge is 2.13. The topological polar surface area (TPSA) is 52.6 Å². The van der Waals surface area contributed by atoms with E-state index < -0.39 is 0 Å². The van der Waals surface area contributed by atoms with Crippen molar-refractivity contribution in [3.8, 4) is 0 Å². The zero-order chi connectivity index (χ0) is 17.4. The normalized spacial score (nSPS) is 17.8. The van der Waals surface area contributed by atoms with Crippen LogP contribution in [-0.4, -0.2) is 48.6 Å². The molecule has 1 atom stereocenters. The molecule has 0 spiro atoms. The Morgan fingerprint density at radius 2 is 2.00 bits per heavy atom. The number of piperidine rings is 1. The van der Waals surface area contributed by atoms with Gasteiger partial charge in [0.25, 0.3) is 0 Å². The van der Waals surface area contributed by atoms with Crippen LogP contribution < -0.4 is 10.6 Å². The molecular formula is C18H33N5S. The van der Waals surface area contributed by atoms with Gasteiger partial charge in [0.15, 0.2) is 5.96 Å². The molecule has 0 amide bonds. The largest absolute Gasteiger partial charge is 0.357 e. The molecule has 5 nitrogen and oxygen atoms in total. The van der Waals surface area contributed by atoms with E-state index in [1.54, 1.807) is 11.3 Å². The lowest BCUT2D eigenvalue weighted by atomic mass is 10.1. The van der Waals surface area contributed by atoms with Crippen molar-refractivity contribution in [2.45, 2.75) is 53.5 Å². The highest BCUT2D eigenvalue weighted by Crippen LogP contribution is 2.17. The number of hydrogen-bond donors (Lipinski definition) is 2. The Hall–Kier alpha value is -1.14. The number of rotatable bonds is 7. The van der Waals surface area contributed by atoms with Gasteiger partial charge in [-0.05, 0) is 52.6 Å². The first-order valence-electron chi connectivity index (χ1n) is 9.26.